The van der Waals surface area contributed by atoms with Crippen molar-refractivity contribution in [1.29, 1.82) is 0 Å². The first kappa shape index (κ1) is 15.3. The molecule has 1 aliphatic rings. The Hall–Kier alpha value is -1.14. The maximum absolute atomic E-state index is 12.4. The van der Waals surface area contributed by atoms with Gasteiger partial charge in [-0.1, -0.05) is 26.2 Å². The van der Waals surface area contributed by atoms with Gasteiger partial charge in [0.25, 0.3) is 5.91 Å². The summed E-state index contributed by atoms with van der Waals surface area (Å²) in [5.74, 6) is 6.27. The Kier molecular flexibility index (Phi) is 5.37. The van der Waals surface area contributed by atoms with E-state index in [2.05, 4.69) is 38.6 Å². The number of halogens is 1. The predicted molar refractivity (Wildman–Crippen MR) is 83.3 cm³/mol. The number of hydrogen-bond acceptors (Lipinski definition) is 4. The summed E-state index contributed by atoms with van der Waals surface area (Å²) in [4.78, 5) is 16.5. The van der Waals surface area contributed by atoms with Crippen LogP contribution >= 0.6 is 15.9 Å². The minimum absolute atomic E-state index is 0.114. The fraction of sp³-hybridized carbons (Fsp3) is 0.571. The Morgan fingerprint density at radius 1 is 1.50 bits per heavy atom. The lowest BCUT2D eigenvalue weighted by atomic mass is 9.83. The predicted octanol–water partition coefficient (Wildman–Crippen LogP) is 2.83. The number of amides is 1. The van der Waals surface area contributed by atoms with Crippen molar-refractivity contribution in [3.8, 4) is 0 Å². The van der Waals surface area contributed by atoms with E-state index >= 15 is 0 Å². The monoisotopic (exact) mass is 340 g/mol. The number of pyridine rings is 1. The van der Waals surface area contributed by atoms with Crippen molar-refractivity contribution < 1.29 is 4.79 Å². The van der Waals surface area contributed by atoms with Gasteiger partial charge in [0.2, 0.25) is 0 Å². The molecule has 1 aromatic rings. The van der Waals surface area contributed by atoms with Crippen LogP contribution in [0.1, 0.15) is 49.4 Å². The summed E-state index contributed by atoms with van der Waals surface area (Å²) in [6.45, 7) is 2.18. The fourth-order valence-corrected chi connectivity index (χ4v) is 3.19. The zero-order chi connectivity index (χ0) is 14.5. The van der Waals surface area contributed by atoms with Gasteiger partial charge >= 0.3 is 0 Å². The average molecular weight is 341 g/mol. The van der Waals surface area contributed by atoms with Crippen molar-refractivity contribution in [3.63, 3.8) is 0 Å². The lowest BCUT2D eigenvalue weighted by Gasteiger charge is -2.31. The van der Waals surface area contributed by atoms with Crippen LogP contribution in [0, 0.1) is 5.92 Å². The number of aromatic nitrogens is 1. The summed E-state index contributed by atoms with van der Waals surface area (Å²) in [5, 5.41) is 3.14. The Balaban J connectivity index is 2.13. The number of nitrogens with two attached hydrogens (primary N) is 1. The van der Waals surface area contributed by atoms with Crippen LogP contribution in [-0.4, -0.2) is 16.9 Å². The summed E-state index contributed by atoms with van der Waals surface area (Å²) in [7, 11) is 0. The summed E-state index contributed by atoms with van der Waals surface area (Å²) >= 11 is 3.33. The molecule has 2 unspecified atom stereocenters. The molecule has 1 aromatic heterocycles. The van der Waals surface area contributed by atoms with Gasteiger partial charge in [-0.15, -0.1) is 0 Å². The molecule has 1 heterocycles. The second-order valence-corrected chi connectivity index (χ2v) is 6.14. The van der Waals surface area contributed by atoms with Crippen molar-refractivity contribution in [3.05, 3.63) is 22.3 Å². The highest BCUT2D eigenvalue weighted by Crippen LogP contribution is 2.27. The summed E-state index contributed by atoms with van der Waals surface area (Å²) in [6, 6.07) is 1.99. The molecule has 110 valence electrons. The Morgan fingerprint density at radius 3 is 2.95 bits per heavy atom. The second kappa shape index (κ2) is 7.04. The maximum atomic E-state index is 12.4. The third-order valence-corrected chi connectivity index (χ3v) is 4.42. The van der Waals surface area contributed by atoms with Gasteiger partial charge in [0.1, 0.15) is 0 Å². The van der Waals surface area contributed by atoms with Crippen molar-refractivity contribution in [1.82, 2.24) is 10.3 Å². The minimum Gasteiger partial charge on any atom is -0.349 e. The third-order valence-electron chi connectivity index (χ3n) is 3.99. The zero-order valence-corrected chi connectivity index (χ0v) is 13.2. The van der Waals surface area contributed by atoms with Crippen LogP contribution in [0.2, 0.25) is 0 Å². The highest BCUT2D eigenvalue weighted by molar-refractivity contribution is 9.10. The number of nitrogens with one attached hydrogen (secondary N) is 2. The molecule has 0 aliphatic heterocycles. The van der Waals surface area contributed by atoms with Crippen LogP contribution in [0.15, 0.2) is 16.7 Å². The van der Waals surface area contributed by atoms with E-state index in [-0.39, 0.29) is 11.9 Å². The standard InChI is InChI=1S/C14H21BrN4O/c1-2-9-5-3-4-6-12(9)18-14(20)11-7-10(15)8-17-13(11)19-16/h7-9,12H,2-6,16H2,1H3,(H,17,19)(H,18,20). The highest BCUT2D eigenvalue weighted by atomic mass is 79.9. The number of nitrogen functional groups attached to an aromatic ring is 1. The van der Waals surface area contributed by atoms with Gasteiger partial charge in [-0.2, -0.15) is 0 Å². The van der Waals surface area contributed by atoms with Crippen molar-refractivity contribution in [2.24, 2.45) is 11.8 Å². The zero-order valence-electron chi connectivity index (χ0n) is 11.7. The van der Waals surface area contributed by atoms with Crippen LogP contribution in [0.5, 0.6) is 0 Å². The van der Waals surface area contributed by atoms with Gasteiger partial charge in [0.05, 0.1) is 5.56 Å². The van der Waals surface area contributed by atoms with Gasteiger partial charge < -0.3 is 10.7 Å². The smallest absolute Gasteiger partial charge is 0.255 e. The topological polar surface area (TPSA) is 80.0 Å². The van der Waals surface area contributed by atoms with Crippen LogP contribution in [0.4, 0.5) is 5.82 Å². The Morgan fingerprint density at radius 2 is 2.25 bits per heavy atom. The van der Waals surface area contributed by atoms with E-state index in [1.54, 1.807) is 12.3 Å². The van der Waals surface area contributed by atoms with Crippen molar-refractivity contribution >= 4 is 27.7 Å². The molecule has 1 saturated carbocycles. The van der Waals surface area contributed by atoms with Gasteiger partial charge in [0.15, 0.2) is 5.82 Å². The van der Waals surface area contributed by atoms with E-state index in [1.165, 1.54) is 19.3 Å². The van der Waals surface area contributed by atoms with Crippen LogP contribution in [0.3, 0.4) is 0 Å². The molecule has 1 amide bonds. The van der Waals surface area contributed by atoms with Gasteiger partial charge in [-0.25, -0.2) is 10.8 Å². The molecule has 5 nitrogen and oxygen atoms in total. The molecule has 0 aromatic carbocycles. The van der Waals surface area contributed by atoms with E-state index in [1.807, 2.05) is 0 Å². The normalized spacial score (nSPS) is 22.4. The lowest BCUT2D eigenvalue weighted by molar-refractivity contribution is 0.0905. The lowest BCUT2D eigenvalue weighted by Crippen LogP contribution is -2.42. The van der Waals surface area contributed by atoms with Crippen molar-refractivity contribution in [2.45, 2.75) is 45.1 Å². The molecule has 4 N–H and O–H groups in total. The molecule has 20 heavy (non-hydrogen) atoms. The second-order valence-electron chi connectivity index (χ2n) is 5.23. The summed E-state index contributed by atoms with van der Waals surface area (Å²) in [5.41, 5.74) is 2.95. The summed E-state index contributed by atoms with van der Waals surface area (Å²) in [6.07, 6.45) is 7.40. The van der Waals surface area contributed by atoms with E-state index in [0.717, 1.165) is 17.3 Å². The van der Waals surface area contributed by atoms with Crippen LogP contribution in [0.25, 0.3) is 0 Å². The number of hydrazine groups is 1. The van der Waals surface area contributed by atoms with E-state index < -0.39 is 0 Å². The minimum atomic E-state index is -0.114. The molecule has 0 spiro atoms. The molecule has 2 rings (SSSR count). The first-order valence-electron chi connectivity index (χ1n) is 7.08. The molecule has 6 heteroatoms. The highest BCUT2D eigenvalue weighted by Gasteiger charge is 2.26. The third kappa shape index (κ3) is 3.49. The molecule has 0 radical (unpaired) electrons. The molecular weight excluding hydrogens is 320 g/mol. The van der Waals surface area contributed by atoms with Crippen LogP contribution < -0.4 is 16.6 Å². The number of anilines is 1. The number of nitrogens with zero attached hydrogens (tertiary/aromatic N) is 1. The molecule has 1 fully saturated rings. The average Bonchev–Trinajstić information content (AvgIpc) is 2.47. The molecule has 1 aliphatic carbocycles. The largest absolute Gasteiger partial charge is 0.349 e. The Labute approximate surface area is 127 Å². The molecule has 0 saturated heterocycles. The van der Waals surface area contributed by atoms with E-state index in [4.69, 9.17) is 5.84 Å². The number of rotatable bonds is 4. The number of carbonyl (C=O) groups excluding carboxylic acids is 1. The first-order chi connectivity index (χ1) is 9.65. The SMILES string of the molecule is CCC1CCCCC1NC(=O)c1cc(Br)cnc1NN. The van der Waals surface area contributed by atoms with Crippen LogP contribution in [-0.2, 0) is 0 Å². The molecule has 0 bridgehead atoms. The van der Waals surface area contributed by atoms with E-state index in [0.29, 0.717) is 17.3 Å². The number of hydrogen-bond donors (Lipinski definition) is 3. The maximum Gasteiger partial charge on any atom is 0.255 e. The van der Waals surface area contributed by atoms with Gasteiger partial charge in [-0.05, 0) is 40.8 Å². The summed E-state index contributed by atoms with van der Waals surface area (Å²) < 4.78 is 0.761. The molecular formula is C14H21BrN4O. The Bertz CT molecular complexity index is 480. The van der Waals surface area contributed by atoms with Gasteiger partial charge in [-0.3, -0.25) is 4.79 Å². The number of carbonyl (C=O) groups is 1. The van der Waals surface area contributed by atoms with E-state index in [9.17, 15) is 4.79 Å². The molecule has 2 atom stereocenters. The first-order valence-corrected chi connectivity index (χ1v) is 7.88. The quantitative estimate of drug-likeness (QED) is 0.581. The fourth-order valence-electron chi connectivity index (χ4n) is 2.86. The van der Waals surface area contributed by atoms with Crippen molar-refractivity contribution in [2.75, 3.05) is 5.43 Å². The van der Waals surface area contributed by atoms with Gasteiger partial charge in [0, 0.05) is 16.7 Å².